The quantitative estimate of drug-likeness (QED) is 0.560. The van der Waals surface area contributed by atoms with Gasteiger partial charge in [0, 0.05) is 17.2 Å². The minimum Gasteiger partial charge on any atom is -0.446 e. The van der Waals surface area contributed by atoms with Crippen molar-refractivity contribution in [3.63, 3.8) is 0 Å². The van der Waals surface area contributed by atoms with Gasteiger partial charge in [-0.25, -0.2) is 0 Å². The molecule has 2 heterocycles. The molecule has 124 valence electrons. The van der Waals surface area contributed by atoms with E-state index in [2.05, 4.69) is 47.4 Å². The van der Waals surface area contributed by atoms with E-state index in [1.807, 2.05) is 37.4 Å². The number of nitrogens with zero attached hydrogens (tertiary/aromatic N) is 3. The molecule has 2 aromatic heterocycles. The van der Waals surface area contributed by atoms with Crippen molar-refractivity contribution in [2.45, 2.75) is 5.16 Å². The SMILES string of the molecule is Cn1c(SCC(=O)Nc2ccc(Br)cc2)nnc1-c1ccc(Br)o1. The zero-order valence-corrected chi connectivity index (χ0v) is 16.5. The van der Waals surface area contributed by atoms with Crippen LogP contribution < -0.4 is 5.32 Å². The van der Waals surface area contributed by atoms with Gasteiger partial charge in [-0.2, -0.15) is 0 Å². The third kappa shape index (κ3) is 4.08. The van der Waals surface area contributed by atoms with E-state index < -0.39 is 0 Å². The van der Waals surface area contributed by atoms with Crippen LogP contribution in [0.15, 0.2) is 55.1 Å². The fourth-order valence-electron chi connectivity index (χ4n) is 1.95. The van der Waals surface area contributed by atoms with Crippen molar-refractivity contribution in [2.75, 3.05) is 11.1 Å². The molecule has 0 spiro atoms. The first kappa shape index (κ1) is 17.2. The smallest absolute Gasteiger partial charge is 0.234 e. The molecule has 6 nitrogen and oxygen atoms in total. The summed E-state index contributed by atoms with van der Waals surface area (Å²) in [5.41, 5.74) is 0.753. The van der Waals surface area contributed by atoms with Crippen molar-refractivity contribution in [2.24, 2.45) is 7.05 Å². The molecule has 0 radical (unpaired) electrons. The number of benzene rings is 1. The summed E-state index contributed by atoms with van der Waals surface area (Å²) >= 11 is 7.93. The second-order valence-electron chi connectivity index (χ2n) is 4.81. The van der Waals surface area contributed by atoms with Gasteiger partial charge in [0.05, 0.1) is 5.75 Å². The van der Waals surface area contributed by atoms with E-state index in [0.29, 0.717) is 21.4 Å². The number of furan rings is 1. The standard InChI is InChI=1S/C15H12Br2N4O2S/c1-21-14(11-6-7-12(17)23-11)19-20-15(21)24-8-13(22)18-10-4-2-9(16)3-5-10/h2-7H,8H2,1H3,(H,18,22). The Morgan fingerprint density at radius 1 is 1.21 bits per heavy atom. The average Bonchev–Trinajstić information content (AvgIpc) is 3.13. The average molecular weight is 472 g/mol. The van der Waals surface area contributed by atoms with E-state index in [4.69, 9.17) is 4.42 Å². The first-order valence-electron chi connectivity index (χ1n) is 6.86. The van der Waals surface area contributed by atoms with E-state index in [9.17, 15) is 4.79 Å². The molecule has 3 rings (SSSR count). The normalized spacial score (nSPS) is 10.8. The fraction of sp³-hybridized carbons (Fsp3) is 0.133. The maximum atomic E-state index is 12.0. The minimum absolute atomic E-state index is 0.104. The highest BCUT2D eigenvalue weighted by Crippen LogP contribution is 2.26. The van der Waals surface area contributed by atoms with E-state index in [1.165, 1.54) is 11.8 Å². The van der Waals surface area contributed by atoms with Crippen molar-refractivity contribution < 1.29 is 9.21 Å². The first-order chi connectivity index (χ1) is 11.5. The van der Waals surface area contributed by atoms with Crippen LogP contribution >= 0.6 is 43.6 Å². The summed E-state index contributed by atoms with van der Waals surface area (Å²) in [4.78, 5) is 12.0. The Morgan fingerprint density at radius 2 is 1.96 bits per heavy atom. The number of anilines is 1. The Balaban J connectivity index is 1.61. The summed E-state index contributed by atoms with van der Waals surface area (Å²) in [6, 6.07) is 11.0. The summed E-state index contributed by atoms with van der Waals surface area (Å²) in [7, 11) is 1.83. The van der Waals surface area contributed by atoms with Crippen molar-refractivity contribution in [3.05, 3.63) is 45.5 Å². The topological polar surface area (TPSA) is 73.0 Å². The lowest BCUT2D eigenvalue weighted by Gasteiger charge is -2.05. The van der Waals surface area contributed by atoms with Crippen molar-refractivity contribution in [1.82, 2.24) is 14.8 Å². The first-order valence-corrected chi connectivity index (χ1v) is 9.43. The van der Waals surface area contributed by atoms with Crippen molar-refractivity contribution >= 4 is 55.2 Å². The number of rotatable bonds is 5. The van der Waals surface area contributed by atoms with Gasteiger partial charge in [-0.05, 0) is 52.3 Å². The lowest BCUT2D eigenvalue weighted by Crippen LogP contribution is -2.14. The van der Waals surface area contributed by atoms with Crippen LogP contribution in [0.5, 0.6) is 0 Å². The Hall–Kier alpha value is -1.58. The molecule has 0 saturated carbocycles. The van der Waals surface area contributed by atoms with Gasteiger partial charge >= 0.3 is 0 Å². The van der Waals surface area contributed by atoms with E-state index in [1.54, 1.807) is 10.6 Å². The predicted molar refractivity (Wildman–Crippen MR) is 99.9 cm³/mol. The molecular weight excluding hydrogens is 460 g/mol. The molecule has 1 amide bonds. The molecule has 0 atom stereocenters. The van der Waals surface area contributed by atoms with E-state index in [0.717, 1.165) is 10.2 Å². The van der Waals surface area contributed by atoms with Gasteiger partial charge in [0.15, 0.2) is 21.4 Å². The number of nitrogens with one attached hydrogen (secondary N) is 1. The second-order valence-corrected chi connectivity index (χ2v) is 7.45. The van der Waals surface area contributed by atoms with Crippen LogP contribution in [0.4, 0.5) is 5.69 Å². The van der Waals surface area contributed by atoms with E-state index in [-0.39, 0.29) is 11.7 Å². The van der Waals surface area contributed by atoms with Crippen LogP contribution in [-0.2, 0) is 11.8 Å². The van der Waals surface area contributed by atoms with Crippen LogP contribution in [-0.4, -0.2) is 26.4 Å². The second kappa shape index (κ2) is 7.54. The van der Waals surface area contributed by atoms with Crippen molar-refractivity contribution in [1.29, 1.82) is 0 Å². The third-order valence-electron chi connectivity index (χ3n) is 3.09. The monoisotopic (exact) mass is 470 g/mol. The molecular formula is C15H12Br2N4O2S. The molecule has 0 unspecified atom stereocenters. The molecule has 3 aromatic rings. The summed E-state index contributed by atoms with van der Waals surface area (Å²) in [6.45, 7) is 0. The number of carbonyl (C=O) groups excluding carboxylic acids is 1. The molecule has 24 heavy (non-hydrogen) atoms. The number of hydrogen-bond acceptors (Lipinski definition) is 5. The Morgan fingerprint density at radius 3 is 2.62 bits per heavy atom. The number of carbonyl (C=O) groups is 1. The number of aromatic nitrogens is 3. The maximum absolute atomic E-state index is 12.0. The number of hydrogen-bond donors (Lipinski definition) is 1. The lowest BCUT2D eigenvalue weighted by molar-refractivity contribution is -0.113. The number of thioether (sulfide) groups is 1. The summed E-state index contributed by atoms with van der Waals surface area (Å²) in [5.74, 6) is 1.36. The van der Waals surface area contributed by atoms with Gasteiger partial charge in [0.1, 0.15) is 0 Å². The highest BCUT2D eigenvalue weighted by molar-refractivity contribution is 9.10. The Kier molecular flexibility index (Phi) is 5.42. The molecule has 9 heteroatoms. The number of halogens is 2. The zero-order valence-electron chi connectivity index (χ0n) is 12.5. The van der Waals surface area contributed by atoms with Gasteiger partial charge in [-0.1, -0.05) is 27.7 Å². The zero-order chi connectivity index (χ0) is 17.1. The van der Waals surface area contributed by atoms with Crippen LogP contribution in [0, 0.1) is 0 Å². The Labute approximate surface area is 159 Å². The van der Waals surface area contributed by atoms with Gasteiger partial charge < -0.3 is 14.3 Å². The summed E-state index contributed by atoms with van der Waals surface area (Å²) in [6.07, 6.45) is 0. The highest BCUT2D eigenvalue weighted by Gasteiger charge is 2.15. The van der Waals surface area contributed by atoms with Gasteiger partial charge in [0.2, 0.25) is 5.91 Å². The molecule has 0 fully saturated rings. The highest BCUT2D eigenvalue weighted by atomic mass is 79.9. The lowest BCUT2D eigenvalue weighted by atomic mass is 10.3. The molecule has 0 aliphatic heterocycles. The van der Waals surface area contributed by atoms with Crippen LogP contribution in [0.2, 0.25) is 0 Å². The van der Waals surface area contributed by atoms with Crippen LogP contribution in [0.3, 0.4) is 0 Å². The van der Waals surface area contributed by atoms with Gasteiger partial charge in [-0.15, -0.1) is 10.2 Å². The molecule has 1 N–H and O–H groups in total. The Bertz CT molecular complexity index is 861. The largest absolute Gasteiger partial charge is 0.446 e. The molecule has 0 aliphatic carbocycles. The fourth-order valence-corrected chi connectivity index (χ4v) is 3.23. The molecule has 0 bridgehead atoms. The minimum atomic E-state index is -0.104. The third-order valence-corrected chi connectivity index (χ3v) is 5.06. The summed E-state index contributed by atoms with van der Waals surface area (Å²) in [5, 5.41) is 11.7. The van der Waals surface area contributed by atoms with Gasteiger partial charge in [0.25, 0.3) is 0 Å². The van der Waals surface area contributed by atoms with E-state index >= 15 is 0 Å². The molecule has 1 aromatic carbocycles. The molecule has 0 aliphatic rings. The van der Waals surface area contributed by atoms with Crippen molar-refractivity contribution in [3.8, 4) is 11.6 Å². The predicted octanol–water partition coefficient (Wildman–Crippen LogP) is 4.33. The van der Waals surface area contributed by atoms with Crippen LogP contribution in [0.1, 0.15) is 0 Å². The van der Waals surface area contributed by atoms with Gasteiger partial charge in [-0.3, -0.25) is 4.79 Å². The number of amides is 1. The maximum Gasteiger partial charge on any atom is 0.234 e. The van der Waals surface area contributed by atoms with Crippen LogP contribution in [0.25, 0.3) is 11.6 Å². The summed E-state index contributed by atoms with van der Waals surface area (Å²) < 4.78 is 8.87. The molecule has 0 saturated heterocycles.